The summed E-state index contributed by atoms with van der Waals surface area (Å²) in [4.78, 5) is 19.7. The lowest BCUT2D eigenvalue weighted by atomic mass is 9.99. The van der Waals surface area contributed by atoms with Crippen LogP contribution in [0.4, 0.5) is 10.6 Å². The Hall–Kier alpha value is -3.34. The third kappa shape index (κ3) is 5.85. The van der Waals surface area contributed by atoms with E-state index in [1.54, 1.807) is 0 Å². The lowest BCUT2D eigenvalue weighted by Crippen LogP contribution is -2.38. The second-order valence-electron chi connectivity index (χ2n) is 8.01. The SMILES string of the molecule is O=C(NCc1ccc(N2CCCCCC2)nc1)NC(c1ccccc1)c1ccccc1. The fourth-order valence-corrected chi connectivity index (χ4v) is 4.02. The monoisotopic (exact) mass is 414 g/mol. The van der Waals surface area contributed by atoms with E-state index >= 15 is 0 Å². The molecule has 0 spiro atoms. The second kappa shape index (κ2) is 10.6. The molecule has 31 heavy (non-hydrogen) atoms. The summed E-state index contributed by atoms with van der Waals surface area (Å²) in [5, 5.41) is 6.09. The number of amides is 2. The molecule has 0 radical (unpaired) electrons. The number of aromatic nitrogens is 1. The summed E-state index contributed by atoms with van der Waals surface area (Å²) < 4.78 is 0. The van der Waals surface area contributed by atoms with Gasteiger partial charge in [-0.1, -0.05) is 79.6 Å². The average Bonchev–Trinajstić information content (AvgIpc) is 3.12. The Morgan fingerprint density at radius 1 is 0.839 bits per heavy atom. The van der Waals surface area contributed by atoms with Crippen molar-refractivity contribution in [2.75, 3.05) is 18.0 Å². The van der Waals surface area contributed by atoms with Gasteiger partial charge < -0.3 is 15.5 Å². The Morgan fingerprint density at radius 3 is 2.00 bits per heavy atom. The molecule has 1 saturated heterocycles. The molecule has 5 heteroatoms. The topological polar surface area (TPSA) is 57.3 Å². The molecule has 1 aliphatic heterocycles. The predicted octanol–water partition coefficient (Wildman–Crippen LogP) is 5.05. The van der Waals surface area contributed by atoms with E-state index in [2.05, 4.69) is 32.7 Å². The zero-order chi connectivity index (χ0) is 21.3. The van der Waals surface area contributed by atoms with Crippen molar-refractivity contribution in [3.05, 3.63) is 95.7 Å². The van der Waals surface area contributed by atoms with Crippen LogP contribution in [-0.2, 0) is 6.54 Å². The van der Waals surface area contributed by atoms with E-state index < -0.39 is 0 Å². The zero-order valence-electron chi connectivity index (χ0n) is 17.8. The number of pyridine rings is 1. The van der Waals surface area contributed by atoms with Gasteiger partial charge in [-0.25, -0.2) is 9.78 Å². The molecule has 2 N–H and O–H groups in total. The first-order valence-electron chi connectivity index (χ1n) is 11.1. The summed E-state index contributed by atoms with van der Waals surface area (Å²) in [6.45, 7) is 2.59. The number of rotatable bonds is 6. The minimum absolute atomic E-state index is 0.200. The normalized spacial score (nSPS) is 14.2. The smallest absolute Gasteiger partial charge is 0.315 e. The number of nitrogens with zero attached hydrogens (tertiary/aromatic N) is 2. The van der Waals surface area contributed by atoms with Gasteiger partial charge in [-0.05, 0) is 35.6 Å². The molecule has 1 fully saturated rings. The highest BCUT2D eigenvalue weighted by molar-refractivity contribution is 5.75. The third-order valence-electron chi connectivity index (χ3n) is 5.73. The van der Waals surface area contributed by atoms with Gasteiger partial charge in [-0.3, -0.25) is 0 Å². The minimum Gasteiger partial charge on any atom is -0.357 e. The van der Waals surface area contributed by atoms with Crippen LogP contribution in [0, 0.1) is 0 Å². The number of hydrogen-bond acceptors (Lipinski definition) is 3. The van der Waals surface area contributed by atoms with Crippen LogP contribution in [0.25, 0.3) is 0 Å². The predicted molar refractivity (Wildman–Crippen MR) is 125 cm³/mol. The van der Waals surface area contributed by atoms with E-state index in [0.29, 0.717) is 6.54 Å². The fraction of sp³-hybridized carbons (Fsp3) is 0.308. The summed E-state index contributed by atoms with van der Waals surface area (Å²) in [6, 6.07) is 23.8. The van der Waals surface area contributed by atoms with Crippen LogP contribution in [0.1, 0.15) is 48.4 Å². The van der Waals surface area contributed by atoms with Crippen molar-refractivity contribution in [3.63, 3.8) is 0 Å². The molecule has 2 amide bonds. The van der Waals surface area contributed by atoms with Gasteiger partial charge in [-0.15, -0.1) is 0 Å². The summed E-state index contributed by atoms with van der Waals surface area (Å²) in [5.74, 6) is 1.03. The van der Waals surface area contributed by atoms with Gasteiger partial charge >= 0.3 is 6.03 Å². The quantitative estimate of drug-likeness (QED) is 0.593. The zero-order valence-corrected chi connectivity index (χ0v) is 17.8. The maximum absolute atomic E-state index is 12.7. The Morgan fingerprint density at radius 2 is 1.45 bits per heavy atom. The molecule has 0 atom stereocenters. The van der Waals surface area contributed by atoms with Crippen molar-refractivity contribution in [2.45, 2.75) is 38.3 Å². The van der Waals surface area contributed by atoms with Gasteiger partial charge in [0.1, 0.15) is 5.82 Å². The molecule has 0 aliphatic carbocycles. The van der Waals surface area contributed by atoms with E-state index in [4.69, 9.17) is 0 Å². The summed E-state index contributed by atoms with van der Waals surface area (Å²) >= 11 is 0. The number of urea groups is 1. The van der Waals surface area contributed by atoms with Gasteiger partial charge in [-0.2, -0.15) is 0 Å². The highest BCUT2D eigenvalue weighted by Gasteiger charge is 2.16. The molecule has 0 unspecified atom stereocenters. The Kier molecular flexibility index (Phi) is 7.16. The maximum atomic E-state index is 12.7. The molecule has 3 aromatic rings. The van der Waals surface area contributed by atoms with Crippen LogP contribution in [0.5, 0.6) is 0 Å². The van der Waals surface area contributed by atoms with E-state index in [-0.39, 0.29) is 12.1 Å². The van der Waals surface area contributed by atoms with Crippen LogP contribution in [0.3, 0.4) is 0 Å². The van der Waals surface area contributed by atoms with Gasteiger partial charge in [0, 0.05) is 25.8 Å². The van der Waals surface area contributed by atoms with E-state index in [0.717, 1.165) is 35.6 Å². The first kappa shape index (κ1) is 20.9. The second-order valence-corrected chi connectivity index (χ2v) is 8.01. The van der Waals surface area contributed by atoms with E-state index in [9.17, 15) is 4.79 Å². The number of carbonyl (C=O) groups is 1. The molecular weight excluding hydrogens is 384 g/mol. The highest BCUT2D eigenvalue weighted by Crippen LogP contribution is 2.22. The van der Waals surface area contributed by atoms with Crippen LogP contribution in [-0.4, -0.2) is 24.1 Å². The molecule has 2 aromatic carbocycles. The van der Waals surface area contributed by atoms with Gasteiger partial charge in [0.05, 0.1) is 6.04 Å². The number of anilines is 1. The fourth-order valence-electron chi connectivity index (χ4n) is 4.02. The van der Waals surface area contributed by atoms with Crippen molar-refractivity contribution in [1.29, 1.82) is 0 Å². The lowest BCUT2D eigenvalue weighted by molar-refractivity contribution is 0.238. The number of nitrogens with one attached hydrogen (secondary N) is 2. The Labute approximate surface area is 184 Å². The van der Waals surface area contributed by atoms with E-state index in [1.165, 1.54) is 25.7 Å². The van der Waals surface area contributed by atoms with Gasteiger partial charge in [0.2, 0.25) is 0 Å². The van der Waals surface area contributed by atoms with Gasteiger partial charge in [0.15, 0.2) is 0 Å². The molecule has 0 saturated carbocycles. The largest absolute Gasteiger partial charge is 0.357 e. The molecule has 5 nitrogen and oxygen atoms in total. The van der Waals surface area contributed by atoms with Gasteiger partial charge in [0.25, 0.3) is 0 Å². The van der Waals surface area contributed by atoms with Crippen molar-refractivity contribution in [3.8, 4) is 0 Å². The molecule has 2 heterocycles. The molecule has 4 rings (SSSR count). The first-order chi connectivity index (χ1) is 15.3. The number of benzene rings is 2. The average molecular weight is 415 g/mol. The minimum atomic E-state index is -0.203. The maximum Gasteiger partial charge on any atom is 0.315 e. The molecular formula is C26H30N4O. The summed E-state index contributed by atoms with van der Waals surface area (Å²) in [6.07, 6.45) is 6.94. The molecule has 1 aromatic heterocycles. The van der Waals surface area contributed by atoms with Crippen LogP contribution in [0.2, 0.25) is 0 Å². The van der Waals surface area contributed by atoms with Crippen molar-refractivity contribution >= 4 is 11.8 Å². The highest BCUT2D eigenvalue weighted by atomic mass is 16.2. The number of carbonyl (C=O) groups excluding carboxylic acids is 1. The lowest BCUT2D eigenvalue weighted by Gasteiger charge is -2.22. The van der Waals surface area contributed by atoms with Crippen LogP contribution in [0.15, 0.2) is 79.0 Å². The van der Waals surface area contributed by atoms with Crippen molar-refractivity contribution in [2.24, 2.45) is 0 Å². The molecule has 1 aliphatic rings. The van der Waals surface area contributed by atoms with Crippen LogP contribution < -0.4 is 15.5 Å². The first-order valence-corrected chi connectivity index (χ1v) is 11.1. The standard InChI is InChI=1S/C26H30N4O/c31-26(29-25(22-11-5-3-6-12-22)23-13-7-4-8-14-23)28-20-21-15-16-24(27-19-21)30-17-9-1-2-10-18-30/h3-8,11-16,19,25H,1-2,9-10,17-18,20H2,(H2,28,29,31). The van der Waals surface area contributed by atoms with Crippen LogP contribution >= 0.6 is 0 Å². The third-order valence-corrected chi connectivity index (χ3v) is 5.73. The Bertz CT molecular complexity index is 897. The molecule has 0 bridgehead atoms. The van der Waals surface area contributed by atoms with Crippen molar-refractivity contribution in [1.82, 2.24) is 15.6 Å². The Balaban J connectivity index is 1.36. The molecule has 160 valence electrons. The summed E-state index contributed by atoms with van der Waals surface area (Å²) in [7, 11) is 0. The van der Waals surface area contributed by atoms with E-state index in [1.807, 2.05) is 66.9 Å². The summed E-state index contributed by atoms with van der Waals surface area (Å²) in [5.41, 5.74) is 3.09. The van der Waals surface area contributed by atoms with Crippen molar-refractivity contribution < 1.29 is 4.79 Å². The number of hydrogen-bond donors (Lipinski definition) is 2.